The second kappa shape index (κ2) is 8.28. The monoisotopic (exact) mass is 354 g/mol. The van der Waals surface area contributed by atoms with E-state index in [2.05, 4.69) is 41.4 Å². The van der Waals surface area contributed by atoms with Gasteiger partial charge in [0.05, 0.1) is 6.26 Å². The van der Waals surface area contributed by atoms with Crippen molar-refractivity contribution >= 4 is 0 Å². The first-order chi connectivity index (χ1) is 12.8. The lowest BCUT2D eigenvalue weighted by Gasteiger charge is -2.32. The van der Waals surface area contributed by atoms with E-state index in [0.717, 1.165) is 37.7 Å². The van der Waals surface area contributed by atoms with Crippen molar-refractivity contribution in [2.24, 2.45) is 5.92 Å². The maximum absolute atomic E-state index is 5.96. The van der Waals surface area contributed by atoms with E-state index in [9.17, 15) is 0 Å². The fourth-order valence-electron chi connectivity index (χ4n) is 4.21. The Kier molecular flexibility index (Phi) is 5.61. The first-order valence-corrected chi connectivity index (χ1v) is 9.94. The van der Waals surface area contributed by atoms with Gasteiger partial charge in [0.1, 0.15) is 11.9 Å². The summed E-state index contributed by atoms with van der Waals surface area (Å²) in [6.45, 7) is 7.68. The first-order valence-electron chi connectivity index (χ1n) is 9.94. The predicted molar refractivity (Wildman–Crippen MR) is 104 cm³/mol. The van der Waals surface area contributed by atoms with E-state index in [1.54, 1.807) is 6.26 Å². The number of nitrogens with zero attached hydrogens (tertiary/aromatic N) is 1. The topological polar surface area (TPSA) is 33.7 Å². The Morgan fingerprint density at radius 1 is 1.19 bits per heavy atom. The molecule has 0 aliphatic carbocycles. The zero-order chi connectivity index (χ0) is 17.8. The Bertz CT molecular complexity index is 662. The van der Waals surface area contributed by atoms with Crippen LogP contribution in [0.2, 0.25) is 0 Å². The largest absolute Gasteiger partial charge is 0.490 e. The maximum atomic E-state index is 5.96. The van der Waals surface area contributed by atoms with E-state index < -0.39 is 0 Å². The number of fused-ring (bicyclic) bond motifs is 1. The van der Waals surface area contributed by atoms with Crippen molar-refractivity contribution in [3.05, 3.63) is 59.6 Å². The lowest BCUT2D eigenvalue weighted by molar-refractivity contribution is 0.138. The molecule has 2 fully saturated rings. The lowest BCUT2D eigenvalue weighted by atomic mass is 9.96. The molecule has 2 unspecified atom stereocenters. The van der Waals surface area contributed by atoms with Crippen LogP contribution in [-0.4, -0.2) is 43.3 Å². The van der Waals surface area contributed by atoms with Crippen LogP contribution in [0, 0.1) is 12.8 Å². The van der Waals surface area contributed by atoms with E-state index in [-0.39, 0.29) is 12.2 Å². The SMILES string of the molecule is Cc1cccc(CN2CCC(CNCC3CC4OC=CC=C4O3)CC2)c1. The Balaban J connectivity index is 1.14. The second-order valence-corrected chi connectivity index (χ2v) is 7.86. The van der Waals surface area contributed by atoms with Crippen LogP contribution in [-0.2, 0) is 16.0 Å². The zero-order valence-electron chi connectivity index (χ0n) is 15.7. The molecule has 4 rings (SSSR count). The Hall–Kier alpha value is -1.78. The average Bonchev–Trinajstić information content (AvgIpc) is 3.06. The van der Waals surface area contributed by atoms with Crippen LogP contribution >= 0.6 is 0 Å². The average molecular weight is 354 g/mol. The third-order valence-electron chi connectivity index (χ3n) is 5.68. The fraction of sp³-hybridized carbons (Fsp3) is 0.545. The molecule has 0 saturated carbocycles. The standard InChI is InChI=1S/C22H30N2O2/c1-17-4-2-5-19(12-17)16-24-9-7-18(8-10-24)14-23-15-20-13-22-21(26-20)6-3-11-25-22/h2-6,11-12,18,20,22-23H,7-10,13-16H2,1H3. The van der Waals surface area contributed by atoms with Gasteiger partial charge in [0.2, 0.25) is 0 Å². The Labute approximate surface area is 156 Å². The minimum atomic E-state index is 0.136. The Morgan fingerprint density at radius 2 is 2.08 bits per heavy atom. The van der Waals surface area contributed by atoms with Crippen molar-refractivity contribution in [3.63, 3.8) is 0 Å². The van der Waals surface area contributed by atoms with Gasteiger partial charge in [-0.05, 0) is 63.0 Å². The highest BCUT2D eigenvalue weighted by Gasteiger charge is 2.32. The highest BCUT2D eigenvalue weighted by Crippen LogP contribution is 2.28. The zero-order valence-corrected chi connectivity index (χ0v) is 15.7. The molecule has 1 aromatic rings. The molecule has 2 saturated heterocycles. The van der Waals surface area contributed by atoms with E-state index in [1.165, 1.54) is 37.1 Å². The molecule has 2 atom stereocenters. The number of hydrogen-bond donors (Lipinski definition) is 1. The number of rotatable bonds is 6. The number of aryl methyl sites for hydroxylation is 1. The van der Waals surface area contributed by atoms with Crippen LogP contribution in [0.15, 0.2) is 48.4 Å². The molecule has 1 aromatic carbocycles. The van der Waals surface area contributed by atoms with Gasteiger partial charge in [-0.25, -0.2) is 0 Å². The van der Waals surface area contributed by atoms with Gasteiger partial charge in [-0.1, -0.05) is 29.8 Å². The van der Waals surface area contributed by atoms with Gasteiger partial charge < -0.3 is 14.8 Å². The van der Waals surface area contributed by atoms with Crippen molar-refractivity contribution in [2.75, 3.05) is 26.2 Å². The minimum Gasteiger partial charge on any atom is -0.490 e. The van der Waals surface area contributed by atoms with Gasteiger partial charge in [0.25, 0.3) is 0 Å². The Morgan fingerprint density at radius 3 is 2.88 bits per heavy atom. The molecule has 26 heavy (non-hydrogen) atoms. The number of allylic oxidation sites excluding steroid dienone is 2. The number of benzene rings is 1. The van der Waals surface area contributed by atoms with Crippen LogP contribution in [0.4, 0.5) is 0 Å². The molecule has 0 amide bonds. The molecule has 3 heterocycles. The molecule has 4 nitrogen and oxygen atoms in total. The molecule has 0 spiro atoms. The number of ether oxygens (including phenoxy) is 2. The van der Waals surface area contributed by atoms with E-state index in [1.807, 2.05) is 12.2 Å². The smallest absolute Gasteiger partial charge is 0.158 e. The van der Waals surface area contributed by atoms with Gasteiger partial charge in [-0.3, -0.25) is 4.90 Å². The molecular formula is C22H30N2O2. The van der Waals surface area contributed by atoms with Crippen molar-refractivity contribution < 1.29 is 9.47 Å². The van der Waals surface area contributed by atoms with Gasteiger partial charge in [-0.2, -0.15) is 0 Å². The summed E-state index contributed by atoms with van der Waals surface area (Å²) in [7, 11) is 0. The maximum Gasteiger partial charge on any atom is 0.158 e. The molecule has 0 radical (unpaired) electrons. The van der Waals surface area contributed by atoms with Crippen LogP contribution in [0.1, 0.15) is 30.4 Å². The summed E-state index contributed by atoms with van der Waals surface area (Å²) in [5.74, 6) is 1.77. The third kappa shape index (κ3) is 4.49. The summed E-state index contributed by atoms with van der Waals surface area (Å²) in [4.78, 5) is 2.59. The fourth-order valence-corrected chi connectivity index (χ4v) is 4.21. The van der Waals surface area contributed by atoms with Crippen molar-refractivity contribution in [2.45, 2.75) is 44.9 Å². The van der Waals surface area contributed by atoms with Gasteiger partial charge >= 0.3 is 0 Å². The van der Waals surface area contributed by atoms with Crippen LogP contribution < -0.4 is 5.32 Å². The van der Waals surface area contributed by atoms with Crippen molar-refractivity contribution in [3.8, 4) is 0 Å². The second-order valence-electron chi connectivity index (χ2n) is 7.86. The van der Waals surface area contributed by atoms with E-state index in [4.69, 9.17) is 9.47 Å². The van der Waals surface area contributed by atoms with E-state index >= 15 is 0 Å². The molecule has 3 aliphatic rings. The van der Waals surface area contributed by atoms with Gasteiger partial charge in [0.15, 0.2) is 6.10 Å². The predicted octanol–water partition coefficient (Wildman–Crippen LogP) is 3.38. The quantitative estimate of drug-likeness (QED) is 0.849. The summed E-state index contributed by atoms with van der Waals surface area (Å²) in [5, 5.41) is 3.63. The summed E-state index contributed by atoms with van der Waals surface area (Å²) < 4.78 is 11.6. The minimum absolute atomic E-state index is 0.136. The number of nitrogens with one attached hydrogen (secondary N) is 1. The summed E-state index contributed by atoms with van der Waals surface area (Å²) in [5.41, 5.74) is 2.79. The van der Waals surface area contributed by atoms with Gasteiger partial charge in [0, 0.05) is 19.5 Å². The highest BCUT2D eigenvalue weighted by molar-refractivity contribution is 5.22. The molecule has 4 heteroatoms. The van der Waals surface area contributed by atoms with Crippen molar-refractivity contribution in [1.82, 2.24) is 10.2 Å². The van der Waals surface area contributed by atoms with Crippen LogP contribution in [0.3, 0.4) is 0 Å². The summed E-state index contributed by atoms with van der Waals surface area (Å²) in [6, 6.07) is 8.89. The third-order valence-corrected chi connectivity index (χ3v) is 5.68. The first kappa shape index (κ1) is 17.6. The molecule has 3 aliphatic heterocycles. The lowest BCUT2D eigenvalue weighted by Crippen LogP contribution is -2.38. The summed E-state index contributed by atoms with van der Waals surface area (Å²) >= 11 is 0. The number of hydrogen-bond acceptors (Lipinski definition) is 4. The normalized spacial score (nSPS) is 26.1. The number of piperidine rings is 1. The summed E-state index contributed by atoms with van der Waals surface area (Å²) in [6.07, 6.45) is 9.60. The van der Waals surface area contributed by atoms with Crippen LogP contribution in [0.25, 0.3) is 0 Å². The number of likely N-dealkylation sites (tertiary alicyclic amines) is 1. The van der Waals surface area contributed by atoms with Crippen LogP contribution in [0.5, 0.6) is 0 Å². The van der Waals surface area contributed by atoms with Gasteiger partial charge in [-0.15, -0.1) is 0 Å². The molecular weight excluding hydrogens is 324 g/mol. The molecule has 0 bridgehead atoms. The molecule has 140 valence electrons. The highest BCUT2D eigenvalue weighted by atomic mass is 16.6. The molecule has 0 aromatic heterocycles. The molecule has 1 N–H and O–H groups in total. The van der Waals surface area contributed by atoms with E-state index in [0.29, 0.717) is 0 Å². The van der Waals surface area contributed by atoms with Crippen molar-refractivity contribution in [1.29, 1.82) is 0 Å².